The molecule has 1 aliphatic heterocycles. The SMILES string of the molecule is CC1(C)CCSc2ccc(C#Cc3ccc(C(=O)O)c(F)c3F)cc21. The van der Waals surface area contributed by atoms with E-state index in [1.54, 1.807) is 0 Å². The van der Waals surface area contributed by atoms with Gasteiger partial charge in [0, 0.05) is 10.5 Å². The van der Waals surface area contributed by atoms with Crippen LogP contribution in [0.15, 0.2) is 35.2 Å². The van der Waals surface area contributed by atoms with E-state index >= 15 is 0 Å². The zero-order valence-electron chi connectivity index (χ0n) is 13.8. The quantitative estimate of drug-likeness (QED) is 0.742. The van der Waals surface area contributed by atoms with Crippen molar-refractivity contribution in [1.29, 1.82) is 0 Å². The van der Waals surface area contributed by atoms with Crippen molar-refractivity contribution < 1.29 is 18.7 Å². The van der Waals surface area contributed by atoms with E-state index in [2.05, 4.69) is 25.7 Å². The lowest BCUT2D eigenvalue weighted by Crippen LogP contribution is -2.22. The van der Waals surface area contributed by atoms with Gasteiger partial charge in [-0.3, -0.25) is 0 Å². The van der Waals surface area contributed by atoms with Gasteiger partial charge < -0.3 is 5.11 Å². The lowest BCUT2D eigenvalue weighted by molar-refractivity contribution is 0.0690. The summed E-state index contributed by atoms with van der Waals surface area (Å²) in [6.45, 7) is 4.37. The molecule has 2 aromatic carbocycles. The summed E-state index contributed by atoms with van der Waals surface area (Å²) in [6.07, 6.45) is 1.07. The molecule has 0 unspecified atom stereocenters. The number of carboxylic acid groups (broad SMARTS) is 1. The van der Waals surface area contributed by atoms with Crippen LogP contribution in [0.5, 0.6) is 0 Å². The first-order valence-electron chi connectivity index (χ1n) is 7.80. The monoisotopic (exact) mass is 358 g/mol. The molecule has 128 valence electrons. The van der Waals surface area contributed by atoms with E-state index < -0.39 is 23.2 Å². The minimum Gasteiger partial charge on any atom is -0.478 e. The van der Waals surface area contributed by atoms with E-state index in [0.29, 0.717) is 0 Å². The highest BCUT2D eigenvalue weighted by atomic mass is 32.2. The molecule has 0 fully saturated rings. The molecule has 0 radical (unpaired) electrons. The Balaban J connectivity index is 1.98. The number of hydrogen-bond acceptors (Lipinski definition) is 2. The van der Waals surface area contributed by atoms with Crippen LogP contribution in [0, 0.1) is 23.5 Å². The predicted octanol–water partition coefficient (Wildman–Crippen LogP) is 4.84. The zero-order chi connectivity index (χ0) is 18.2. The predicted molar refractivity (Wildman–Crippen MR) is 94.1 cm³/mol. The summed E-state index contributed by atoms with van der Waals surface area (Å²) < 4.78 is 27.7. The molecular weight excluding hydrogens is 342 g/mol. The van der Waals surface area contributed by atoms with Crippen LogP contribution in [0.4, 0.5) is 8.78 Å². The molecule has 2 nitrogen and oxygen atoms in total. The van der Waals surface area contributed by atoms with Gasteiger partial charge in [0.2, 0.25) is 0 Å². The van der Waals surface area contributed by atoms with Gasteiger partial charge in [-0.15, -0.1) is 11.8 Å². The molecule has 0 saturated heterocycles. The number of thioether (sulfide) groups is 1. The van der Waals surface area contributed by atoms with Crippen LogP contribution in [0.25, 0.3) is 0 Å². The summed E-state index contributed by atoms with van der Waals surface area (Å²) in [7, 11) is 0. The van der Waals surface area contributed by atoms with Crippen molar-refractivity contribution in [3.8, 4) is 11.8 Å². The molecule has 2 aromatic rings. The van der Waals surface area contributed by atoms with E-state index in [4.69, 9.17) is 5.11 Å². The average molecular weight is 358 g/mol. The molecule has 0 atom stereocenters. The molecule has 1 aliphatic rings. The van der Waals surface area contributed by atoms with E-state index in [1.807, 2.05) is 30.0 Å². The third kappa shape index (κ3) is 3.40. The number of carbonyl (C=O) groups is 1. The molecule has 0 saturated carbocycles. The molecular formula is C20H16F2O2S. The van der Waals surface area contributed by atoms with Crippen molar-refractivity contribution >= 4 is 17.7 Å². The molecule has 25 heavy (non-hydrogen) atoms. The Kier molecular flexibility index (Phi) is 4.57. The first-order chi connectivity index (χ1) is 11.8. The number of benzene rings is 2. The van der Waals surface area contributed by atoms with E-state index in [0.717, 1.165) is 23.8 Å². The number of hydrogen-bond donors (Lipinski definition) is 1. The molecule has 0 bridgehead atoms. The van der Waals surface area contributed by atoms with Crippen LogP contribution in [-0.2, 0) is 5.41 Å². The van der Waals surface area contributed by atoms with Gasteiger partial charge in [-0.2, -0.15) is 0 Å². The van der Waals surface area contributed by atoms with Gasteiger partial charge >= 0.3 is 5.97 Å². The van der Waals surface area contributed by atoms with Gasteiger partial charge in [-0.25, -0.2) is 13.6 Å². The second kappa shape index (κ2) is 6.53. The van der Waals surface area contributed by atoms with Crippen LogP contribution in [0.3, 0.4) is 0 Å². The number of aromatic carboxylic acids is 1. The smallest absolute Gasteiger partial charge is 0.338 e. The lowest BCUT2D eigenvalue weighted by atomic mass is 9.81. The van der Waals surface area contributed by atoms with Gasteiger partial charge in [-0.05, 0) is 53.5 Å². The Morgan fingerprint density at radius 1 is 1.16 bits per heavy atom. The topological polar surface area (TPSA) is 37.3 Å². The summed E-state index contributed by atoms with van der Waals surface area (Å²) in [5.74, 6) is 2.40. The van der Waals surface area contributed by atoms with Crippen LogP contribution >= 0.6 is 11.8 Å². The maximum atomic E-state index is 14.0. The van der Waals surface area contributed by atoms with Crippen molar-refractivity contribution in [2.45, 2.75) is 30.6 Å². The Labute approximate surface area is 149 Å². The second-order valence-corrected chi connectivity index (χ2v) is 7.67. The molecule has 3 rings (SSSR count). The number of carboxylic acids is 1. The maximum absolute atomic E-state index is 14.0. The van der Waals surface area contributed by atoms with Gasteiger partial charge in [0.05, 0.1) is 11.1 Å². The van der Waals surface area contributed by atoms with E-state index in [-0.39, 0.29) is 11.0 Å². The summed E-state index contributed by atoms with van der Waals surface area (Å²) in [4.78, 5) is 12.0. The Bertz CT molecular complexity index is 923. The van der Waals surface area contributed by atoms with Gasteiger partial charge in [-0.1, -0.05) is 25.7 Å². The van der Waals surface area contributed by atoms with Crippen molar-refractivity contribution in [1.82, 2.24) is 0 Å². The third-order valence-electron chi connectivity index (χ3n) is 4.35. The molecule has 5 heteroatoms. The summed E-state index contributed by atoms with van der Waals surface area (Å²) in [6, 6.07) is 8.08. The van der Waals surface area contributed by atoms with E-state index in [9.17, 15) is 13.6 Å². The van der Waals surface area contributed by atoms with Crippen LogP contribution < -0.4 is 0 Å². The minimum absolute atomic E-state index is 0.0543. The van der Waals surface area contributed by atoms with Crippen molar-refractivity contribution in [3.63, 3.8) is 0 Å². The molecule has 1 heterocycles. The summed E-state index contributed by atoms with van der Waals surface area (Å²) >= 11 is 1.81. The molecule has 0 spiro atoms. The third-order valence-corrected chi connectivity index (χ3v) is 5.42. The van der Waals surface area contributed by atoms with Crippen LogP contribution in [0.2, 0.25) is 0 Å². The highest BCUT2D eigenvalue weighted by molar-refractivity contribution is 7.99. The zero-order valence-corrected chi connectivity index (χ0v) is 14.6. The van der Waals surface area contributed by atoms with Crippen LogP contribution in [-0.4, -0.2) is 16.8 Å². The van der Waals surface area contributed by atoms with Crippen molar-refractivity contribution in [2.24, 2.45) is 0 Å². The first kappa shape index (κ1) is 17.5. The fourth-order valence-electron chi connectivity index (χ4n) is 2.76. The van der Waals surface area contributed by atoms with Crippen LogP contribution in [0.1, 0.15) is 47.3 Å². The number of fused-ring (bicyclic) bond motifs is 1. The lowest BCUT2D eigenvalue weighted by Gasteiger charge is -2.32. The Morgan fingerprint density at radius 2 is 1.92 bits per heavy atom. The molecule has 0 amide bonds. The molecule has 0 aromatic heterocycles. The second-order valence-electron chi connectivity index (χ2n) is 6.54. The fourth-order valence-corrected chi connectivity index (χ4v) is 4.25. The minimum atomic E-state index is -1.51. The summed E-state index contributed by atoms with van der Waals surface area (Å²) in [5.41, 5.74) is 1.13. The van der Waals surface area contributed by atoms with Crippen molar-refractivity contribution in [3.05, 3.63) is 64.2 Å². The molecule has 0 aliphatic carbocycles. The van der Waals surface area contributed by atoms with E-state index in [1.165, 1.54) is 16.5 Å². The summed E-state index contributed by atoms with van der Waals surface area (Å²) in [5, 5.41) is 8.81. The highest BCUT2D eigenvalue weighted by Gasteiger charge is 2.27. The van der Waals surface area contributed by atoms with Gasteiger partial charge in [0.15, 0.2) is 11.6 Å². The maximum Gasteiger partial charge on any atom is 0.338 e. The average Bonchev–Trinajstić information content (AvgIpc) is 2.56. The Hall–Kier alpha value is -2.32. The van der Waals surface area contributed by atoms with Gasteiger partial charge in [0.1, 0.15) is 0 Å². The fraction of sp³-hybridized carbons (Fsp3) is 0.250. The first-order valence-corrected chi connectivity index (χ1v) is 8.79. The highest BCUT2D eigenvalue weighted by Crippen LogP contribution is 2.41. The Morgan fingerprint density at radius 3 is 2.64 bits per heavy atom. The standard InChI is InChI=1S/C20H16F2O2S/c1-20(2)9-10-25-16-8-4-12(11-15(16)20)3-5-13-6-7-14(19(23)24)18(22)17(13)21/h4,6-8,11H,9-10H2,1-2H3,(H,23,24). The number of rotatable bonds is 1. The number of halogens is 2. The largest absolute Gasteiger partial charge is 0.478 e. The van der Waals surface area contributed by atoms with Gasteiger partial charge in [0.25, 0.3) is 0 Å². The molecule has 1 N–H and O–H groups in total. The van der Waals surface area contributed by atoms with Crippen molar-refractivity contribution in [2.75, 3.05) is 5.75 Å². The normalized spacial score (nSPS) is 15.0.